The van der Waals surface area contributed by atoms with Gasteiger partial charge in [0.2, 0.25) is 5.91 Å². The maximum atomic E-state index is 12.2. The normalized spacial score (nSPS) is 21.3. The zero-order chi connectivity index (χ0) is 17.8. The first-order valence-corrected chi connectivity index (χ1v) is 9.96. The summed E-state index contributed by atoms with van der Waals surface area (Å²) in [6.07, 6.45) is 11.5. The standard InChI is InChI=1S/C19H28N6O/c26-16(12-14-4-2-1-3-5-14)21-10-11-25-19-18(22-8-9-23-19)17(24-25)15-6-7-20-13-15/h8-9,14-15,20H,1-7,10-13H2,(H,21,26)/t15-/m1/s1. The zero-order valence-electron chi connectivity index (χ0n) is 15.3. The van der Waals surface area contributed by atoms with Gasteiger partial charge in [-0.25, -0.2) is 14.6 Å². The Morgan fingerprint density at radius 3 is 2.85 bits per heavy atom. The number of hydrogen-bond donors (Lipinski definition) is 2. The quantitative estimate of drug-likeness (QED) is 0.827. The predicted octanol–water partition coefficient (Wildman–Crippen LogP) is 1.99. The van der Waals surface area contributed by atoms with Crippen molar-refractivity contribution in [3.8, 4) is 0 Å². The Balaban J connectivity index is 1.37. The summed E-state index contributed by atoms with van der Waals surface area (Å²) >= 11 is 0. The molecule has 7 nitrogen and oxygen atoms in total. The Labute approximate surface area is 154 Å². The van der Waals surface area contributed by atoms with Gasteiger partial charge in [-0.05, 0) is 31.7 Å². The van der Waals surface area contributed by atoms with Gasteiger partial charge in [-0.15, -0.1) is 0 Å². The number of nitrogens with zero attached hydrogens (tertiary/aromatic N) is 4. The van der Waals surface area contributed by atoms with Crippen molar-refractivity contribution in [2.24, 2.45) is 5.92 Å². The van der Waals surface area contributed by atoms with Crippen LogP contribution in [0.15, 0.2) is 12.4 Å². The molecule has 1 atom stereocenters. The van der Waals surface area contributed by atoms with Gasteiger partial charge in [0, 0.05) is 37.8 Å². The lowest BCUT2D eigenvalue weighted by molar-refractivity contribution is -0.122. The van der Waals surface area contributed by atoms with Crippen LogP contribution in [-0.2, 0) is 11.3 Å². The third kappa shape index (κ3) is 3.87. The highest BCUT2D eigenvalue weighted by Gasteiger charge is 2.24. The minimum absolute atomic E-state index is 0.166. The molecule has 2 aromatic rings. The van der Waals surface area contributed by atoms with Gasteiger partial charge in [0.05, 0.1) is 12.2 Å². The van der Waals surface area contributed by atoms with E-state index in [-0.39, 0.29) is 5.91 Å². The van der Waals surface area contributed by atoms with Gasteiger partial charge in [0.15, 0.2) is 5.65 Å². The first-order valence-electron chi connectivity index (χ1n) is 9.96. The smallest absolute Gasteiger partial charge is 0.220 e. The number of hydrogen-bond acceptors (Lipinski definition) is 5. The van der Waals surface area contributed by atoms with Crippen molar-refractivity contribution >= 4 is 17.1 Å². The van der Waals surface area contributed by atoms with Crippen molar-refractivity contribution in [2.75, 3.05) is 19.6 Å². The van der Waals surface area contributed by atoms with Crippen molar-refractivity contribution < 1.29 is 4.79 Å². The molecule has 1 amide bonds. The van der Waals surface area contributed by atoms with E-state index in [9.17, 15) is 4.79 Å². The number of rotatable bonds is 6. The molecule has 0 radical (unpaired) electrons. The third-order valence-corrected chi connectivity index (χ3v) is 5.69. The van der Waals surface area contributed by atoms with E-state index in [0.29, 0.717) is 31.3 Å². The maximum absolute atomic E-state index is 12.2. The van der Waals surface area contributed by atoms with E-state index in [1.807, 2.05) is 4.68 Å². The number of carbonyl (C=O) groups is 1. The molecule has 3 heterocycles. The van der Waals surface area contributed by atoms with Crippen LogP contribution in [-0.4, -0.2) is 45.3 Å². The monoisotopic (exact) mass is 356 g/mol. The van der Waals surface area contributed by atoms with E-state index in [4.69, 9.17) is 5.10 Å². The molecule has 0 spiro atoms. The van der Waals surface area contributed by atoms with Crippen LogP contribution in [0.2, 0.25) is 0 Å². The molecule has 1 saturated carbocycles. The first-order chi connectivity index (χ1) is 12.8. The van der Waals surface area contributed by atoms with Crippen LogP contribution in [0.1, 0.15) is 56.6 Å². The van der Waals surface area contributed by atoms with Crippen LogP contribution in [0.4, 0.5) is 0 Å². The average Bonchev–Trinajstić information content (AvgIpc) is 3.31. The number of nitrogens with one attached hydrogen (secondary N) is 2. The summed E-state index contributed by atoms with van der Waals surface area (Å²) in [7, 11) is 0. The van der Waals surface area contributed by atoms with Gasteiger partial charge >= 0.3 is 0 Å². The molecule has 0 unspecified atom stereocenters. The van der Waals surface area contributed by atoms with E-state index >= 15 is 0 Å². The van der Waals surface area contributed by atoms with Gasteiger partial charge < -0.3 is 10.6 Å². The van der Waals surface area contributed by atoms with Crippen LogP contribution >= 0.6 is 0 Å². The molecule has 2 aromatic heterocycles. The maximum Gasteiger partial charge on any atom is 0.220 e. The topological polar surface area (TPSA) is 84.7 Å². The lowest BCUT2D eigenvalue weighted by atomic mass is 9.87. The van der Waals surface area contributed by atoms with E-state index in [1.54, 1.807) is 12.4 Å². The largest absolute Gasteiger partial charge is 0.354 e. The molecule has 1 saturated heterocycles. The highest BCUT2D eigenvalue weighted by atomic mass is 16.1. The highest BCUT2D eigenvalue weighted by Crippen LogP contribution is 2.27. The average molecular weight is 356 g/mol. The Bertz CT molecular complexity index is 746. The highest BCUT2D eigenvalue weighted by molar-refractivity contribution is 5.76. The fourth-order valence-electron chi connectivity index (χ4n) is 4.27. The second kappa shape index (κ2) is 8.12. The van der Waals surface area contributed by atoms with Gasteiger partial charge in [-0.2, -0.15) is 5.10 Å². The number of fused-ring (bicyclic) bond motifs is 1. The van der Waals surface area contributed by atoms with Crippen LogP contribution in [0, 0.1) is 5.92 Å². The zero-order valence-corrected chi connectivity index (χ0v) is 15.3. The molecule has 26 heavy (non-hydrogen) atoms. The molecule has 0 aromatic carbocycles. The minimum Gasteiger partial charge on any atom is -0.354 e. The molecule has 1 aliphatic carbocycles. The summed E-state index contributed by atoms with van der Waals surface area (Å²) in [5.74, 6) is 1.14. The molecule has 7 heteroatoms. The Morgan fingerprint density at radius 1 is 1.19 bits per heavy atom. The van der Waals surface area contributed by atoms with Crippen LogP contribution < -0.4 is 10.6 Å². The van der Waals surface area contributed by atoms with E-state index in [0.717, 1.165) is 36.4 Å². The summed E-state index contributed by atoms with van der Waals surface area (Å²) in [4.78, 5) is 21.2. The van der Waals surface area contributed by atoms with Crippen molar-refractivity contribution in [2.45, 2.75) is 57.4 Å². The molecular weight excluding hydrogens is 328 g/mol. The summed E-state index contributed by atoms with van der Waals surface area (Å²) in [5, 5.41) is 11.2. The first kappa shape index (κ1) is 17.4. The van der Waals surface area contributed by atoms with Gasteiger partial charge in [0.1, 0.15) is 5.52 Å². The van der Waals surface area contributed by atoms with Crippen molar-refractivity contribution in [3.63, 3.8) is 0 Å². The number of amides is 1. The number of carbonyl (C=O) groups excluding carboxylic acids is 1. The van der Waals surface area contributed by atoms with Gasteiger partial charge in [-0.3, -0.25) is 4.79 Å². The molecule has 2 fully saturated rings. The fourth-order valence-corrected chi connectivity index (χ4v) is 4.27. The Kier molecular flexibility index (Phi) is 5.43. The second-order valence-electron chi connectivity index (χ2n) is 7.58. The van der Waals surface area contributed by atoms with Gasteiger partial charge in [-0.1, -0.05) is 19.3 Å². The molecule has 2 aliphatic rings. The second-order valence-corrected chi connectivity index (χ2v) is 7.58. The van der Waals surface area contributed by atoms with Crippen LogP contribution in [0.3, 0.4) is 0 Å². The van der Waals surface area contributed by atoms with E-state index in [2.05, 4.69) is 20.6 Å². The summed E-state index contributed by atoms with van der Waals surface area (Å²) < 4.78 is 1.90. The molecule has 0 bridgehead atoms. The third-order valence-electron chi connectivity index (χ3n) is 5.69. The molecule has 4 rings (SSSR count). The predicted molar refractivity (Wildman–Crippen MR) is 99.8 cm³/mol. The van der Waals surface area contributed by atoms with Crippen LogP contribution in [0.25, 0.3) is 11.2 Å². The van der Waals surface area contributed by atoms with E-state index < -0.39 is 0 Å². The Morgan fingerprint density at radius 2 is 2.04 bits per heavy atom. The Hall–Kier alpha value is -2.02. The van der Waals surface area contributed by atoms with Gasteiger partial charge in [0.25, 0.3) is 0 Å². The molecule has 1 aliphatic heterocycles. The summed E-state index contributed by atoms with van der Waals surface area (Å²) in [6, 6.07) is 0. The van der Waals surface area contributed by atoms with Crippen molar-refractivity contribution in [1.82, 2.24) is 30.4 Å². The lowest BCUT2D eigenvalue weighted by Crippen LogP contribution is -2.29. The minimum atomic E-state index is 0.166. The van der Waals surface area contributed by atoms with Crippen LogP contribution in [0.5, 0.6) is 0 Å². The van der Waals surface area contributed by atoms with E-state index in [1.165, 1.54) is 32.1 Å². The lowest BCUT2D eigenvalue weighted by Gasteiger charge is -2.20. The van der Waals surface area contributed by atoms with Crippen molar-refractivity contribution in [1.29, 1.82) is 0 Å². The molecule has 2 N–H and O–H groups in total. The molecular formula is C19H28N6O. The molecule has 140 valence electrons. The summed E-state index contributed by atoms with van der Waals surface area (Å²) in [5.41, 5.74) is 2.75. The SMILES string of the molecule is O=C(CC1CCCCC1)NCCn1nc([C@@H]2CCNC2)c2nccnc21. The van der Waals surface area contributed by atoms with Crippen molar-refractivity contribution in [3.05, 3.63) is 18.1 Å². The summed E-state index contributed by atoms with van der Waals surface area (Å²) in [6.45, 7) is 3.18. The fraction of sp³-hybridized carbons (Fsp3) is 0.684. The number of aromatic nitrogens is 4.